The molecule has 0 radical (unpaired) electrons. The van der Waals surface area contributed by atoms with Gasteiger partial charge in [0.25, 0.3) is 0 Å². The molecule has 0 atom stereocenters. The Labute approximate surface area is 104 Å². The van der Waals surface area contributed by atoms with E-state index in [1.807, 2.05) is 11.8 Å². The number of rotatable bonds is 5. The molecule has 2 rings (SSSR count). The van der Waals surface area contributed by atoms with Gasteiger partial charge in [-0.2, -0.15) is 0 Å². The molecule has 0 aliphatic carbocycles. The molecule has 0 saturated heterocycles. The molecule has 7 nitrogen and oxygen atoms in total. The number of aromatic nitrogens is 4. The lowest BCUT2D eigenvalue weighted by Gasteiger charge is -2.20. The Hall–Kier alpha value is -2.18. The first-order valence-electron chi connectivity index (χ1n) is 5.80. The fraction of sp³-hybridized carbons (Fsp3) is 0.455. The highest BCUT2D eigenvalue weighted by molar-refractivity contribution is 5.85. The Kier molecular flexibility index (Phi) is 3.71. The Morgan fingerprint density at radius 2 is 2.22 bits per heavy atom. The van der Waals surface area contributed by atoms with Gasteiger partial charge in [-0.05, 0) is 13.8 Å². The van der Waals surface area contributed by atoms with E-state index in [1.54, 1.807) is 13.3 Å². The number of likely N-dealkylation sites (N-methyl/N-ethyl adjacent to an activating group) is 1. The zero-order valence-electron chi connectivity index (χ0n) is 10.4. The van der Waals surface area contributed by atoms with E-state index in [0.717, 1.165) is 5.52 Å². The molecule has 2 aromatic rings. The molecule has 0 amide bonds. The standard InChI is InChI=1S/C11H15N5O2/c1-3-16(5-8(17)18-4-2)11-9-10(13-6-12-9)14-7-15-11/h6-7H,3-5H2,1-2H3,(H,12,13,14,15). The van der Waals surface area contributed by atoms with E-state index >= 15 is 0 Å². The van der Waals surface area contributed by atoms with Crippen LogP contribution in [0.3, 0.4) is 0 Å². The lowest BCUT2D eigenvalue weighted by atomic mass is 10.4. The number of anilines is 1. The maximum Gasteiger partial charge on any atom is 0.325 e. The van der Waals surface area contributed by atoms with Crippen LogP contribution in [0.15, 0.2) is 12.7 Å². The van der Waals surface area contributed by atoms with Gasteiger partial charge < -0.3 is 14.6 Å². The maximum atomic E-state index is 11.5. The van der Waals surface area contributed by atoms with Gasteiger partial charge in [-0.15, -0.1) is 0 Å². The summed E-state index contributed by atoms with van der Waals surface area (Å²) in [7, 11) is 0. The van der Waals surface area contributed by atoms with Crippen molar-refractivity contribution in [2.24, 2.45) is 0 Å². The Morgan fingerprint density at radius 1 is 1.39 bits per heavy atom. The number of carbonyl (C=O) groups excluding carboxylic acids is 1. The van der Waals surface area contributed by atoms with Crippen molar-refractivity contribution in [2.75, 3.05) is 24.6 Å². The van der Waals surface area contributed by atoms with Crippen LogP contribution >= 0.6 is 0 Å². The van der Waals surface area contributed by atoms with Crippen LogP contribution in [0.2, 0.25) is 0 Å². The van der Waals surface area contributed by atoms with Crippen LogP contribution in [0.1, 0.15) is 13.8 Å². The molecule has 7 heteroatoms. The van der Waals surface area contributed by atoms with Crippen molar-refractivity contribution in [1.82, 2.24) is 19.9 Å². The topological polar surface area (TPSA) is 84.0 Å². The molecule has 96 valence electrons. The largest absolute Gasteiger partial charge is 0.465 e. The van der Waals surface area contributed by atoms with E-state index in [4.69, 9.17) is 4.74 Å². The van der Waals surface area contributed by atoms with E-state index in [9.17, 15) is 4.79 Å². The van der Waals surface area contributed by atoms with Gasteiger partial charge in [0.15, 0.2) is 11.5 Å². The highest BCUT2D eigenvalue weighted by Gasteiger charge is 2.16. The quantitative estimate of drug-likeness (QED) is 0.787. The van der Waals surface area contributed by atoms with Gasteiger partial charge in [-0.25, -0.2) is 15.0 Å². The van der Waals surface area contributed by atoms with Crippen LogP contribution in [-0.2, 0) is 9.53 Å². The predicted molar refractivity (Wildman–Crippen MR) is 66.2 cm³/mol. The molecule has 0 bridgehead atoms. The summed E-state index contributed by atoms with van der Waals surface area (Å²) in [5.41, 5.74) is 1.31. The summed E-state index contributed by atoms with van der Waals surface area (Å²) in [5, 5.41) is 0. The summed E-state index contributed by atoms with van der Waals surface area (Å²) in [5.74, 6) is 0.388. The fourth-order valence-electron chi connectivity index (χ4n) is 1.69. The number of ether oxygens (including phenoxy) is 1. The molecule has 0 aliphatic rings. The first-order chi connectivity index (χ1) is 8.76. The molecular weight excluding hydrogens is 234 g/mol. The molecule has 1 N–H and O–H groups in total. The van der Waals surface area contributed by atoms with Crippen LogP contribution < -0.4 is 4.90 Å². The fourth-order valence-corrected chi connectivity index (χ4v) is 1.69. The maximum absolute atomic E-state index is 11.5. The Morgan fingerprint density at radius 3 is 2.94 bits per heavy atom. The number of aromatic amines is 1. The smallest absolute Gasteiger partial charge is 0.325 e. The monoisotopic (exact) mass is 249 g/mol. The van der Waals surface area contributed by atoms with Gasteiger partial charge >= 0.3 is 5.97 Å². The summed E-state index contributed by atoms with van der Waals surface area (Å²) < 4.78 is 4.94. The zero-order chi connectivity index (χ0) is 13.0. The van der Waals surface area contributed by atoms with E-state index in [1.165, 1.54) is 6.33 Å². The lowest BCUT2D eigenvalue weighted by Crippen LogP contribution is -2.31. The van der Waals surface area contributed by atoms with Gasteiger partial charge in [-0.1, -0.05) is 0 Å². The van der Waals surface area contributed by atoms with Crippen molar-refractivity contribution < 1.29 is 9.53 Å². The average Bonchev–Trinajstić information content (AvgIpc) is 2.84. The van der Waals surface area contributed by atoms with Crippen molar-refractivity contribution in [3.05, 3.63) is 12.7 Å². The van der Waals surface area contributed by atoms with Crippen molar-refractivity contribution in [3.8, 4) is 0 Å². The van der Waals surface area contributed by atoms with Gasteiger partial charge in [-0.3, -0.25) is 4.79 Å². The first-order valence-corrected chi connectivity index (χ1v) is 5.80. The molecule has 0 fully saturated rings. The lowest BCUT2D eigenvalue weighted by molar-refractivity contribution is -0.141. The summed E-state index contributed by atoms with van der Waals surface area (Å²) in [6, 6.07) is 0. The van der Waals surface area contributed by atoms with Crippen LogP contribution in [0.5, 0.6) is 0 Å². The zero-order valence-corrected chi connectivity index (χ0v) is 10.4. The van der Waals surface area contributed by atoms with Crippen LogP contribution in [0.4, 0.5) is 5.82 Å². The van der Waals surface area contributed by atoms with E-state index in [0.29, 0.717) is 24.6 Å². The second-order valence-corrected chi connectivity index (χ2v) is 3.62. The van der Waals surface area contributed by atoms with Gasteiger partial charge in [0, 0.05) is 6.54 Å². The van der Waals surface area contributed by atoms with Gasteiger partial charge in [0.1, 0.15) is 18.4 Å². The molecule has 0 aromatic carbocycles. The molecule has 0 unspecified atom stereocenters. The highest BCUT2D eigenvalue weighted by Crippen LogP contribution is 2.18. The summed E-state index contributed by atoms with van der Waals surface area (Å²) >= 11 is 0. The molecule has 0 spiro atoms. The molecule has 0 aliphatic heterocycles. The molecule has 18 heavy (non-hydrogen) atoms. The van der Waals surface area contributed by atoms with Gasteiger partial charge in [0.05, 0.1) is 12.9 Å². The highest BCUT2D eigenvalue weighted by atomic mass is 16.5. The molecule has 0 saturated carbocycles. The SMILES string of the molecule is CCOC(=O)CN(CC)c1ncnc2nc[nH]c12. The Balaban J connectivity index is 2.26. The number of esters is 1. The van der Waals surface area contributed by atoms with E-state index in [-0.39, 0.29) is 12.5 Å². The summed E-state index contributed by atoms with van der Waals surface area (Å²) in [6.45, 7) is 4.91. The number of carbonyl (C=O) groups is 1. The number of fused-ring (bicyclic) bond motifs is 1. The number of imidazole rings is 1. The Bertz CT molecular complexity index is 539. The number of H-pyrrole nitrogens is 1. The molecule has 2 aromatic heterocycles. The van der Waals surface area contributed by atoms with Crippen molar-refractivity contribution in [1.29, 1.82) is 0 Å². The molecular formula is C11H15N5O2. The van der Waals surface area contributed by atoms with Crippen molar-refractivity contribution in [3.63, 3.8) is 0 Å². The number of nitrogens with zero attached hydrogens (tertiary/aromatic N) is 4. The second kappa shape index (κ2) is 5.44. The van der Waals surface area contributed by atoms with Crippen LogP contribution in [0, 0.1) is 0 Å². The number of hydrogen-bond donors (Lipinski definition) is 1. The van der Waals surface area contributed by atoms with Crippen LogP contribution in [0.25, 0.3) is 11.2 Å². The normalized spacial score (nSPS) is 10.6. The van der Waals surface area contributed by atoms with Crippen molar-refractivity contribution >= 4 is 23.0 Å². The second-order valence-electron chi connectivity index (χ2n) is 3.62. The third kappa shape index (κ3) is 2.39. The summed E-state index contributed by atoms with van der Waals surface area (Å²) in [6.07, 6.45) is 2.99. The third-order valence-electron chi connectivity index (χ3n) is 2.51. The minimum Gasteiger partial charge on any atom is -0.465 e. The molecule has 2 heterocycles. The van der Waals surface area contributed by atoms with E-state index in [2.05, 4.69) is 19.9 Å². The number of hydrogen-bond acceptors (Lipinski definition) is 6. The van der Waals surface area contributed by atoms with Gasteiger partial charge in [0.2, 0.25) is 0 Å². The summed E-state index contributed by atoms with van der Waals surface area (Å²) in [4.78, 5) is 28.6. The van der Waals surface area contributed by atoms with Crippen LogP contribution in [-0.4, -0.2) is 45.6 Å². The van der Waals surface area contributed by atoms with Crippen molar-refractivity contribution in [2.45, 2.75) is 13.8 Å². The third-order valence-corrected chi connectivity index (χ3v) is 2.51. The average molecular weight is 249 g/mol. The predicted octanol–water partition coefficient (Wildman–Crippen LogP) is 0.742. The number of nitrogens with one attached hydrogen (secondary N) is 1. The minimum atomic E-state index is -0.273. The minimum absolute atomic E-state index is 0.162. The van der Waals surface area contributed by atoms with E-state index < -0.39 is 0 Å². The first kappa shape index (κ1) is 12.3.